The van der Waals surface area contributed by atoms with E-state index >= 15 is 0 Å². The topological polar surface area (TPSA) is 0 Å². The summed E-state index contributed by atoms with van der Waals surface area (Å²) >= 11 is 5.78. The average Bonchev–Trinajstić information content (AvgIpc) is 2.27. The summed E-state index contributed by atoms with van der Waals surface area (Å²) in [5.74, 6) is 0. The molecular weight excluding hydrogens is 204 g/mol. The zero-order chi connectivity index (χ0) is 12.3. The molecule has 0 fully saturated rings. The summed E-state index contributed by atoms with van der Waals surface area (Å²) in [6.07, 6.45) is 2.64. The van der Waals surface area contributed by atoms with E-state index in [1.807, 2.05) is 32.9 Å². The maximum atomic E-state index is 5.78. The van der Waals surface area contributed by atoms with Gasteiger partial charge in [0.2, 0.25) is 0 Å². The molecule has 0 nitrogen and oxygen atoms in total. The van der Waals surface area contributed by atoms with Gasteiger partial charge in [-0.3, -0.25) is 0 Å². The lowest BCUT2D eigenvalue weighted by molar-refractivity contribution is 0.886. The Hall–Kier alpha value is -0.490. The molecule has 0 bridgehead atoms. The Bertz CT molecular complexity index is 239. The lowest BCUT2D eigenvalue weighted by Gasteiger charge is -1.96. The first-order valence-electron chi connectivity index (χ1n) is 5.84. The monoisotopic (exact) mass is 228 g/mol. The fourth-order valence-corrected chi connectivity index (χ4v) is 0.912. The van der Waals surface area contributed by atoms with Crippen molar-refractivity contribution in [3.05, 3.63) is 34.3 Å². The minimum absolute atomic E-state index is 0.848. The molecule has 1 rings (SSSR count). The molecule has 0 N–H and O–H groups in total. The van der Waals surface area contributed by atoms with Crippen molar-refractivity contribution in [2.24, 2.45) is 0 Å². The quantitative estimate of drug-likeness (QED) is 0.571. The van der Waals surface area contributed by atoms with E-state index in [0.29, 0.717) is 0 Å². The van der Waals surface area contributed by atoms with Gasteiger partial charge in [0.1, 0.15) is 0 Å². The van der Waals surface area contributed by atoms with Crippen LogP contribution in [0.3, 0.4) is 0 Å². The standard InChI is InChI=1S/C8H9Cl.C4H10.C2H6/c1-6-3-4-8(9)7(2)5-6;1-3-4-2;1-2/h3-5H,1-2H3;3-4H2,1-2H3;1-2H3. The molecule has 0 aliphatic rings. The van der Waals surface area contributed by atoms with Crippen molar-refractivity contribution in [2.45, 2.75) is 54.4 Å². The minimum atomic E-state index is 0.848. The van der Waals surface area contributed by atoms with Crippen LogP contribution in [0.15, 0.2) is 18.2 Å². The summed E-state index contributed by atoms with van der Waals surface area (Å²) in [4.78, 5) is 0. The van der Waals surface area contributed by atoms with Crippen molar-refractivity contribution in [2.75, 3.05) is 0 Å². The lowest BCUT2D eigenvalue weighted by atomic mass is 10.2. The van der Waals surface area contributed by atoms with Gasteiger partial charge in [-0.15, -0.1) is 0 Å². The van der Waals surface area contributed by atoms with Gasteiger partial charge >= 0.3 is 0 Å². The van der Waals surface area contributed by atoms with Crippen LogP contribution in [0, 0.1) is 13.8 Å². The van der Waals surface area contributed by atoms with Gasteiger partial charge in [-0.25, -0.2) is 0 Å². The van der Waals surface area contributed by atoms with Crippen LogP contribution in [0.1, 0.15) is 51.7 Å². The van der Waals surface area contributed by atoms with Crippen LogP contribution in [0.25, 0.3) is 0 Å². The minimum Gasteiger partial charge on any atom is -0.0841 e. The first kappa shape index (κ1) is 16.9. The first-order valence-corrected chi connectivity index (χ1v) is 6.22. The number of hydrogen-bond acceptors (Lipinski definition) is 0. The molecule has 0 atom stereocenters. The van der Waals surface area contributed by atoms with Gasteiger partial charge in [-0.1, -0.05) is 69.8 Å². The normalized spacial score (nSPS) is 8.20. The fraction of sp³-hybridized carbons (Fsp3) is 0.571. The van der Waals surface area contributed by atoms with Crippen LogP contribution in [0.4, 0.5) is 0 Å². The van der Waals surface area contributed by atoms with Gasteiger partial charge in [-0.2, -0.15) is 0 Å². The Kier molecular flexibility index (Phi) is 13.1. The molecule has 1 aromatic rings. The second-order valence-corrected chi connectivity index (χ2v) is 3.66. The van der Waals surface area contributed by atoms with Gasteiger partial charge in [0.25, 0.3) is 0 Å². The summed E-state index contributed by atoms with van der Waals surface area (Å²) in [5, 5.41) is 0.848. The molecule has 0 heterocycles. The van der Waals surface area contributed by atoms with E-state index in [2.05, 4.69) is 26.8 Å². The summed E-state index contributed by atoms with van der Waals surface area (Å²) in [7, 11) is 0. The third-order valence-electron chi connectivity index (χ3n) is 1.81. The largest absolute Gasteiger partial charge is 0.0841 e. The zero-order valence-electron chi connectivity index (χ0n) is 11.0. The van der Waals surface area contributed by atoms with Crippen LogP contribution in [-0.4, -0.2) is 0 Å². The van der Waals surface area contributed by atoms with E-state index in [0.717, 1.165) is 10.6 Å². The summed E-state index contributed by atoms with van der Waals surface area (Å²) < 4.78 is 0. The van der Waals surface area contributed by atoms with Crippen LogP contribution in [-0.2, 0) is 0 Å². The molecule has 0 amide bonds. The van der Waals surface area contributed by atoms with Gasteiger partial charge in [0, 0.05) is 5.02 Å². The van der Waals surface area contributed by atoms with E-state index in [1.165, 1.54) is 18.4 Å². The molecule has 0 saturated heterocycles. The Morgan fingerprint density at radius 3 is 1.73 bits per heavy atom. The van der Waals surface area contributed by atoms with E-state index in [-0.39, 0.29) is 0 Å². The molecule has 88 valence electrons. The Labute approximate surface area is 101 Å². The average molecular weight is 229 g/mol. The third kappa shape index (κ3) is 9.81. The maximum absolute atomic E-state index is 5.78. The molecule has 1 heteroatoms. The van der Waals surface area contributed by atoms with Crippen LogP contribution >= 0.6 is 11.6 Å². The van der Waals surface area contributed by atoms with Gasteiger partial charge in [-0.05, 0) is 25.5 Å². The molecule has 0 radical (unpaired) electrons. The maximum Gasteiger partial charge on any atom is 0.0435 e. The number of unbranched alkanes of at least 4 members (excludes halogenated alkanes) is 1. The van der Waals surface area contributed by atoms with Crippen molar-refractivity contribution in [3.8, 4) is 0 Å². The Morgan fingerprint density at radius 1 is 1.00 bits per heavy atom. The van der Waals surface area contributed by atoms with Crippen LogP contribution in [0.2, 0.25) is 5.02 Å². The van der Waals surface area contributed by atoms with E-state index in [1.54, 1.807) is 0 Å². The first-order chi connectivity index (χ1) is 7.11. The molecule has 0 aliphatic heterocycles. The second kappa shape index (κ2) is 11.6. The van der Waals surface area contributed by atoms with Crippen LogP contribution < -0.4 is 0 Å². The number of rotatable bonds is 1. The van der Waals surface area contributed by atoms with Crippen molar-refractivity contribution in [1.82, 2.24) is 0 Å². The van der Waals surface area contributed by atoms with Crippen molar-refractivity contribution in [1.29, 1.82) is 0 Å². The molecule has 0 aromatic heterocycles. The van der Waals surface area contributed by atoms with E-state index in [9.17, 15) is 0 Å². The van der Waals surface area contributed by atoms with E-state index < -0.39 is 0 Å². The molecule has 1 aromatic carbocycles. The van der Waals surface area contributed by atoms with E-state index in [4.69, 9.17) is 11.6 Å². The predicted octanol–water partition coefficient (Wildman–Crippen LogP) is 5.79. The summed E-state index contributed by atoms with van der Waals surface area (Å²) in [6.45, 7) is 12.4. The summed E-state index contributed by atoms with van der Waals surface area (Å²) in [5.41, 5.74) is 2.41. The second-order valence-electron chi connectivity index (χ2n) is 3.25. The number of benzene rings is 1. The highest BCUT2D eigenvalue weighted by atomic mass is 35.5. The molecule has 0 aliphatic carbocycles. The Morgan fingerprint density at radius 2 is 1.47 bits per heavy atom. The van der Waals surface area contributed by atoms with Gasteiger partial charge in [0.15, 0.2) is 0 Å². The third-order valence-corrected chi connectivity index (χ3v) is 2.24. The number of aryl methyl sites for hydroxylation is 2. The highest BCUT2D eigenvalue weighted by Gasteiger charge is 1.91. The van der Waals surface area contributed by atoms with Crippen molar-refractivity contribution >= 4 is 11.6 Å². The SMILES string of the molecule is CC.CCCC.Cc1ccc(Cl)c(C)c1. The summed E-state index contributed by atoms with van der Waals surface area (Å²) in [6, 6.07) is 6.00. The highest BCUT2D eigenvalue weighted by molar-refractivity contribution is 6.31. The number of hydrogen-bond donors (Lipinski definition) is 0. The molecule has 15 heavy (non-hydrogen) atoms. The highest BCUT2D eigenvalue weighted by Crippen LogP contribution is 2.14. The van der Waals surface area contributed by atoms with Gasteiger partial charge < -0.3 is 0 Å². The lowest BCUT2D eigenvalue weighted by Crippen LogP contribution is -1.75. The molecular formula is C14H25Cl. The molecule has 0 unspecified atom stereocenters. The number of halogens is 1. The van der Waals surface area contributed by atoms with Gasteiger partial charge in [0.05, 0.1) is 0 Å². The van der Waals surface area contributed by atoms with Crippen molar-refractivity contribution in [3.63, 3.8) is 0 Å². The zero-order valence-corrected chi connectivity index (χ0v) is 11.8. The van der Waals surface area contributed by atoms with Crippen LogP contribution in [0.5, 0.6) is 0 Å². The molecule has 0 spiro atoms. The van der Waals surface area contributed by atoms with Crippen molar-refractivity contribution < 1.29 is 0 Å². The fourth-order valence-electron chi connectivity index (χ4n) is 0.795. The predicted molar refractivity (Wildman–Crippen MR) is 72.9 cm³/mol. The smallest absolute Gasteiger partial charge is 0.0435 e. The molecule has 0 saturated carbocycles. The Balaban J connectivity index is 0.